The summed E-state index contributed by atoms with van der Waals surface area (Å²) in [7, 11) is 0. The van der Waals surface area contributed by atoms with Crippen LogP contribution in [-0.2, 0) is 26.2 Å². The van der Waals surface area contributed by atoms with E-state index in [1.165, 1.54) is 65.7 Å². The molecule has 5 aromatic rings. The Hall–Kier alpha value is -4.50. The van der Waals surface area contributed by atoms with Gasteiger partial charge in [0.25, 0.3) is 11.8 Å². The van der Waals surface area contributed by atoms with E-state index in [2.05, 4.69) is 47.6 Å². The average Bonchev–Trinajstić information content (AvgIpc) is 3.95. The first-order valence-electron chi connectivity index (χ1n) is 15.9. The molecular weight excluding hydrogens is 596 g/mol. The van der Waals surface area contributed by atoms with Crippen LogP contribution in [0.4, 0.5) is 0 Å². The van der Waals surface area contributed by atoms with Crippen molar-refractivity contribution in [3.63, 3.8) is 0 Å². The van der Waals surface area contributed by atoms with E-state index in [4.69, 9.17) is 5.73 Å². The third-order valence-corrected chi connectivity index (χ3v) is 9.09. The van der Waals surface area contributed by atoms with Crippen molar-refractivity contribution in [3.8, 4) is 0 Å². The number of amides is 2. The number of H-pyrrole nitrogens is 2. The molecule has 0 spiro atoms. The molecule has 10 N–H and O–H groups in total. The van der Waals surface area contributed by atoms with Crippen LogP contribution in [0.3, 0.4) is 0 Å². The zero-order valence-corrected chi connectivity index (χ0v) is 26.5. The molecule has 0 unspecified atom stereocenters. The molecule has 3 aliphatic heterocycles. The second-order valence-corrected chi connectivity index (χ2v) is 11.9. The number of pyridine rings is 2. The van der Waals surface area contributed by atoms with Gasteiger partial charge in [0.1, 0.15) is 11.3 Å². The van der Waals surface area contributed by atoms with Gasteiger partial charge in [0.2, 0.25) is 0 Å². The molecule has 47 heavy (non-hydrogen) atoms. The monoisotopic (exact) mass is 640 g/mol. The fourth-order valence-electron chi connectivity index (χ4n) is 6.86. The Morgan fingerprint density at radius 1 is 0.638 bits per heavy atom. The zero-order chi connectivity index (χ0) is 32.0. The van der Waals surface area contributed by atoms with E-state index in [-0.39, 0.29) is 23.8 Å². The molecule has 0 aliphatic carbocycles. The Labute approximate surface area is 273 Å². The Kier molecular flexibility index (Phi) is 11.1. The minimum Gasteiger partial charge on any atom is -0.412 e. The molecule has 2 saturated heterocycles. The lowest BCUT2D eigenvalue weighted by molar-refractivity contribution is 0.0643. The first-order valence-corrected chi connectivity index (χ1v) is 15.9. The van der Waals surface area contributed by atoms with Gasteiger partial charge in [-0.05, 0) is 98.4 Å². The van der Waals surface area contributed by atoms with Gasteiger partial charge in [-0.3, -0.25) is 36.0 Å². The molecule has 7 heterocycles. The molecule has 2 amide bonds. The lowest BCUT2D eigenvalue weighted by Crippen LogP contribution is -2.29. The number of hydrazine groups is 1. The third-order valence-electron chi connectivity index (χ3n) is 9.09. The van der Waals surface area contributed by atoms with Crippen LogP contribution >= 0.6 is 0 Å². The van der Waals surface area contributed by atoms with Gasteiger partial charge in [0.05, 0.1) is 17.7 Å². The minimum atomic E-state index is -0.225. The van der Waals surface area contributed by atoms with Gasteiger partial charge in [0.15, 0.2) is 0 Å². The fraction of sp³-hybridized carbons (Fsp3) is 0.353. The summed E-state index contributed by atoms with van der Waals surface area (Å²) in [4.78, 5) is 47.0. The summed E-state index contributed by atoms with van der Waals surface area (Å²) in [6, 6.07) is 10.9. The second kappa shape index (κ2) is 15.4. The highest BCUT2D eigenvalue weighted by atomic mass is 16.2. The van der Waals surface area contributed by atoms with Crippen molar-refractivity contribution in [2.24, 2.45) is 17.4 Å². The van der Waals surface area contributed by atoms with Crippen LogP contribution in [0.5, 0.6) is 0 Å². The summed E-state index contributed by atoms with van der Waals surface area (Å²) in [6.07, 6.45) is 12.8. The van der Waals surface area contributed by atoms with E-state index in [0.717, 1.165) is 48.4 Å². The highest BCUT2D eigenvalue weighted by molar-refractivity contribution is 6.21. The van der Waals surface area contributed by atoms with Gasteiger partial charge in [-0.2, -0.15) is 0 Å². The van der Waals surface area contributed by atoms with Gasteiger partial charge < -0.3 is 21.2 Å². The molecule has 13 nitrogen and oxygen atoms in total. The number of fused-ring (bicyclic) bond motifs is 3. The predicted octanol–water partition coefficient (Wildman–Crippen LogP) is 2.57. The first-order chi connectivity index (χ1) is 22.6. The largest absolute Gasteiger partial charge is 0.412 e. The number of likely N-dealkylation sites (tertiary alicyclic amines) is 2. The van der Waals surface area contributed by atoms with Crippen LogP contribution in [0, 0.1) is 0 Å². The Morgan fingerprint density at radius 3 is 1.55 bits per heavy atom. The zero-order valence-electron chi connectivity index (χ0n) is 26.5. The first kappa shape index (κ1) is 33.9. The van der Waals surface area contributed by atoms with Crippen LogP contribution in [0.15, 0.2) is 61.2 Å². The van der Waals surface area contributed by atoms with Crippen molar-refractivity contribution in [1.29, 1.82) is 0 Å². The number of nitrogens with two attached hydrogens (primary N) is 3. The number of hydrogen-bond donors (Lipinski definition) is 5. The molecule has 1 aromatic carbocycles. The number of aromatic nitrogens is 4. The van der Waals surface area contributed by atoms with Crippen molar-refractivity contribution in [2.45, 2.75) is 51.9 Å². The Bertz CT molecular complexity index is 1790. The van der Waals surface area contributed by atoms with Crippen molar-refractivity contribution in [3.05, 3.63) is 94.6 Å². The van der Waals surface area contributed by atoms with Crippen LogP contribution in [0.1, 0.15) is 68.7 Å². The summed E-state index contributed by atoms with van der Waals surface area (Å²) >= 11 is 0. The molecule has 0 saturated carbocycles. The van der Waals surface area contributed by atoms with Crippen molar-refractivity contribution in [2.75, 3.05) is 26.2 Å². The van der Waals surface area contributed by atoms with E-state index in [0.29, 0.717) is 17.7 Å². The molecule has 13 heteroatoms. The Balaban J connectivity index is 0.000000187. The maximum absolute atomic E-state index is 12.7. The maximum Gasteiger partial charge on any atom is 0.261 e. The molecule has 248 valence electrons. The SMILES string of the molecule is NCc1ccnc2[nH]cc(CN3CCCC3)c12.NN.O.O=C1c2ccccc2C(=O)N1Cc1ccnc2[nH]cc(CN3CCCC3)c12. The standard InChI is InChI=1S/C21H20N4O2.C13H18N4.H4N2.H2O/c26-20-16-5-1-2-6-17(16)21(27)25(20)13-14-7-8-22-19-18(14)15(11-23-19)12-24-9-3-4-10-24;14-7-10-3-4-15-13-12(10)11(8-16-13)9-17-5-1-2-6-17;1-2;/h1-2,5-8,11H,3-4,9-10,12-13H2,(H,22,23);3-4,8H,1-2,5-7,9,14H2,(H,15,16);1-2H2;1H2. The van der Waals surface area contributed by atoms with Crippen molar-refractivity contribution < 1.29 is 15.1 Å². The van der Waals surface area contributed by atoms with E-state index in [1.807, 2.05) is 24.5 Å². The minimum absolute atomic E-state index is 0. The summed E-state index contributed by atoms with van der Waals surface area (Å²) in [5, 5.41) is 2.25. The van der Waals surface area contributed by atoms with E-state index in [9.17, 15) is 9.59 Å². The summed E-state index contributed by atoms with van der Waals surface area (Å²) < 4.78 is 0. The molecule has 3 aliphatic rings. The van der Waals surface area contributed by atoms with Crippen LogP contribution in [-0.4, -0.2) is 78.1 Å². The molecule has 0 atom stereocenters. The molecule has 4 aromatic heterocycles. The highest BCUT2D eigenvalue weighted by Crippen LogP contribution is 2.29. The van der Waals surface area contributed by atoms with E-state index >= 15 is 0 Å². The predicted molar refractivity (Wildman–Crippen MR) is 182 cm³/mol. The number of aromatic amines is 2. The quantitative estimate of drug-likeness (QED) is 0.100. The smallest absolute Gasteiger partial charge is 0.261 e. The number of benzene rings is 1. The van der Waals surface area contributed by atoms with Crippen LogP contribution in [0.25, 0.3) is 22.1 Å². The third kappa shape index (κ3) is 6.95. The van der Waals surface area contributed by atoms with Gasteiger partial charge in [-0.15, -0.1) is 0 Å². The maximum atomic E-state index is 12.7. The molecule has 0 bridgehead atoms. The van der Waals surface area contributed by atoms with Crippen molar-refractivity contribution in [1.82, 2.24) is 34.6 Å². The lowest BCUT2D eigenvalue weighted by atomic mass is 10.1. The van der Waals surface area contributed by atoms with Crippen LogP contribution in [0.2, 0.25) is 0 Å². The molecule has 8 rings (SSSR count). The number of carbonyl (C=O) groups is 2. The van der Waals surface area contributed by atoms with Crippen molar-refractivity contribution >= 4 is 33.9 Å². The number of rotatable bonds is 7. The average molecular weight is 641 g/mol. The van der Waals surface area contributed by atoms with Crippen LogP contribution < -0.4 is 17.4 Å². The topological polar surface area (TPSA) is 211 Å². The molecule has 0 radical (unpaired) electrons. The number of carbonyl (C=O) groups excluding carboxylic acids is 2. The lowest BCUT2D eigenvalue weighted by Gasteiger charge is -2.17. The summed E-state index contributed by atoms with van der Waals surface area (Å²) in [5.41, 5.74) is 13.2. The molecular formula is C34H44N10O3. The Morgan fingerprint density at radius 2 is 1.09 bits per heavy atom. The van der Waals surface area contributed by atoms with Gasteiger partial charge in [0, 0.05) is 55.2 Å². The van der Waals surface area contributed by atoms with E-state index < -0.39 is 0 Å². The van der Waals surface area contributed by atoms with Gasteiger partial charge >= 0.3 is 0 Å². The number of nitrogens with zero attached hydrogens (tertiary/aromatic N) is 5. The van der Waals surface area contributed by atoms with Gasteiger partial charge in [-0.1, -0.05) is 12.1 Å². The second-order valence-electron chi connectivity index (χ2n) is 11.9. The van der Waals surface area contributed by atoms with E-state index in [1.54, 1.807) is 30.5 Å². The normalized spacial score (nSPS) is 16.2. The fourth-order valence-corrected chi connectivity index (χ4v) is 6.86. The molecule has 2 fully saturated rings. The van der Waals surface area contributed by atoms with Gasteiger partial charge in [-0.25, -0.2) is 9.97 Å². The summed E-state index contributed by atoms with van der Waals surface area (Å²) in [5.74, 6) is 7.55. The summed E-state index contributed by atoms with van der Waals surface area (Å²) in [6.45, 7) is 7.36. The number of nitrogens with one attached hydrogen (secondary N) is 2. The number of hydrogen-bond acceptors (Lipinski definition) is 9. The highest BCUT2D eigenvalue weighted by Gasteiger charge is 2.35. The number of imide groups is 1.